The topological polar surface area (TPSA) is 11.4 Å². The molecule has 13 rings (SSSR count). The van der Waals surface area contributed by atoms with Crippen molar-refractivity contribution < 1.29 is 0 Å². The fraction of sp³-hybridized carbons (Fsp3) is 0.353. The second-order valence-corrected chi connectivity index (χ2v) is 27.0. The van der Waals surface area contributed by atoms with Crippen molar-refractivity contribution in [1.82, 2.24) is 4.57 Å². The molecule has 362 valence electrons. The van der Waals surface area contributed by atoms with Gasteiger partial charge < -0.3 is 14.4 Å². The van der Waals surface area contributed by atoms with E-state index < -0.39 is 0 Å². The van der Waals surface area contributed by atoms with Crippen LogP contribution in [0.4, 0.5) is 28.4 Å². The first-order valence-corrected chi connectivity index (χ1v) is 27.1. The van der Waals surface area contributed by atoms with Crippen molar-refractivity contribution in [1.29, 1.82) is 0 Å². The van der Waals surface area contributed by atoms with Crippen molar-refractivity contribution in [3.8, 4) is 5.69 Å². The second kappa shape index (κ2) is 14.7. The van der Waals surface area contributed by atoms with Crippen molar-refractivity contribution in [2.45, 2.75) is 155 Å². The fourth-order valence-corrected chi connectivity index (χ4v) is 14.2. The van der Waals surface area contributed by atoms with E-state index in [1.54, 1.807) is 5.56 Å². The SMILES string of the molecule is CC(C)(C)c1ccc(N(c2ccc(C(C)(C)C)cc2)c2cc3c4c(c2)-n2c5c(cc(C(C)(C)C)cc5c5c6ccccc6c6ccccc6c52)B4c2cc(C(C)(C)C)cc4c2N3C2(C)CCCCC42C)cc1. The molecule has 0 spiro atoms. The minimum atomic E-state index is -0.131. The monoisotopic (exact) mass is 942 g/mol. The second-order valence-electron chi connectivity index (χ2n) is 27.0. The lowest BCUT2D eigenvalue weighted by Gasteiger charge is -2.52. The smallest absolute Gasteiger partial charge is 0.252 e. The first-order valence-electron chi connectivity index (χ1n) is 27.1. The Morgan fingerprint density at radius 2 is 0.958 bits per heavy atom. The summed E-state index contributed by atoms with van der Waals surface area (Å²) >= 11 is 0. The van der Waals surface area contributed by atoms with E-state index in [4.69, 9.17) is 0 Å². The summed E-state index contributed by atoms with van der Waals surface area (Å²) in [6.45, 7) is 33.7. The molecule has 0 amide bonds. The molecule has 72 heavy (non-hydrogen) atoms. The van der Waals surface area contributed by atoms with Crippen molar-refractivity contribution in [3.05, 3.63) is 161 Å². The summed E-state index contributed by atoms with van der Waals surface area (Å²) in [5.74, 6) is 0. The van der Waals surface area contributed by atoms with Crippen molar-refractivity contribution in [2.75, 3.05) is 9.80 Å². The molecular weight excluding hydrogens is 870 g/mol. The highest BCUT2D eigenvalue weighted by molar-refractivity contribution is 7.00. The quantitative estimate of drug-likeness (QED) is 0.129. The van der Waals surface area contributed by atoms with Crippen LogP contribution in [0.1, 0.15) is 150 Å². The molecule has 2 atom stereocenters. The molecule has 1 saturated carbocycles. The summed E-state index contributed by atoms with van der Waals surface area (Å²) in [6.07, 6.45) is 4.82. The first kappa shape index (κ1) is 45.6. The molecule has 0 saturated heterocycles. The summed E-state index contributed by atoms with van der Waals surface area (Å²) in [5, 5.41) is 7.96. The molecule has 4 heteroatoms. The summed E-state index contributed by atoms with van der Waals surface area (Å²) < 4.78 is 2.77. The van der Waals surface area contributed by atoms with Gasteiger partial charge in [0.2, 0.25) is 0 Å². The highest BCUT2D eigenvalue weighted by Gasteiger charge is 2.61. The van der Waals surface area contributed by atoms with Crippen molar-refractivity contribution >= 4 is 94.9 Å². The van der Waals surface area contributed by atoms with Crippen LogP contribution in [-0.4, -0.2) is 16.8 Å². The Bertz CT molecular complexity index is 3710. The molecule has 0 N–H and O–H groups in total. The van der Waals surface area contributed by atoms with Gasteiger partial charge in [-0.3, -0.25) is 0 Å². The van der Waals surface area contributed by atoms with Crippen LogP contribution in [-0.2, 0) is 27.1 Å². The zero-order valence-corrected chi connectivity index (χ0v) is 45.4. The van der Waals surface area contributed by atoms with Crippen LogP contribution in [0.25, 0.3) is 49.0 Å². The zero-order valence-electron chi connectivity index (χ0n) is 45.4. The lowest BCUT2D eigenvalue weighted by Crippen LogP contribution is -2.64. The highest BCUT2D eigenvalue weighted by Crippen LogP contribution is 2.62. The Balaban J connectivity index is 1.24. The molecule has 9 aromatic rings. The molecule has 1 fully saturated rings. The number of anilines is 5. The van der Waals surface area contributed by atoms with E-state index >= 15 is 0 Å². The average molecular weight is 942 g/mol. The molecule has 1 aromatic heterocycles. The molecular formula is C68H72BN3. The minimum absolute atomic E-state index is 0.0249. The minimum Gasteiger partial charge on any atom is -0.335 e. The van der Waals surface area contributed by atoms with Crippen molar-refractivity contribution in [3.63, 3.8) is 0 Å². The molecule has 3 aliphatic heterocycles. The summed E-state index contributed by atoms with van der Waals surface area (Å²) in [4.78, 5) is 5.50. The molecule has 8 aromatic carbocycles. The molecule has 4 aliphatic rings. The number of hydrogen-bond acceptors (Lipinski definition) is 2. The largest absolute Gasteiger partial charge is 0.335 e. The van der Waals surface area contributed by atoms with Gasteiger partial charge in [-0.15, -0.1) is 0 Å². The van der Waals surface area contributed by atoms with Crippen LogP contribution >= 0.6 is 0 Å². The Morgan fingerprint density at radius 3 is 1.54 bits per heavy atom. The van der Waals surface area contributed by atoms with Gasteiger partial charge in [0.25, 0.3) is 6.71 Å². The van der Waals surface area contributed by atoms with E-state index in [9.17, 15) is 0 Å². The molecule has 3 nitrogen and oxygen atoms in total. The lowest BCUT2D eigenvalue weighted by atomic mass is 9.33. The van der Waals surface area contributed by atoms with Gasteiger partial charge in [-0.25, -0.2) is 0 Å². The maximum Gasteiger partial charge on any atom is 0.252 e. The van der Waals surface area contributed by atoms with Gasteiger partial charge in [0.05, 0.1) is 16.7 Å². The number of hydrogen-bond donors (Lipinski definition) is 0. The summed E-state index contributed by atoms with van der Waals surface area (Å²) in [7, 11) is 0. The van der Waals surface area contributed by atoms with Crippen LogP contribution < -0.4 is 26.2 Å². The Hall–Kier alpha value is -6.26. The Kier molecular flexibility index (Phi) is 9.31. The molecule has 2 unspecified atom stereocenters. The van der Waals surface area contributed by atoms with Crippen molar-refractivity contribution in [2.24, 2.45) is 0 Å². The van der Waals surface area contributed by atoms with E-state index in [1.807, 2.05) is 0 Å². The number of aromatic nitrogens is 1. The van der Waals surface area contributed by atoms with E-state index in [2.05, 4.69) is 245 Å². The number of fused-ring (bicyclic) bond motifs is 15. The zero-order chi connectivity index (χ0) is 50.4. The van der Waals surface area contributed by atoms with Gasteiger partial charge in [0.1, 0.15) is 0 Å². The van der Waals surface area contributed by atoms with Gasteiger partial charge in [0.15, 0.2) is 0 Å². The van der Waals surface area contributed by atoms with E-state index in [-0.39, 0.29) is 39.3 Å². The predicted molar refractivity (Wildman–Crippen MR) is 313 cm³/mol. The van der Waals surface area contributed by atoms with Gasteiger partial charge >= 0.3 is 0 Å². The standard InChI is InChI=1S/C68H72BN3/c1-63(2,3)41-25-29-45(30-26-41)70(46-31-27-42(28-32-46)64(4,5)6)47-39-56-59-57(40-47)72-62-53(67(13)33-19-20-34-68(67,72)14)36-44(66(10,11)12)38-55(62)69(59)54-37-43(65(7,8)9)35-52-58-50-23-17-15-21-48(50)49-22-16-18-24-51(49)61(58)71(56)60(52)54/h15-18,21-32,35-40H,19-20,33-34H2,1-14H3. The van der Waals surface area contributed by atoms with Crippen LogP contribution in [0.15, 0.2) is 133 Å². The maximum atomic E-state index is 2.93. The third-order valence-corrected chi connectivity index (χ3v) is 18.5. The van der Waals surface area contributed by atoms with Crippen LogP contribution in [0.5, 0.6) is 0 Å². The van der Waals surface area contributed by atoms with Gasteiger partial charge in [-0.1, -0.05) is 194 Å². The maximum absolute atomic E-state index is 2.93. The molecule has 0 radical (unpaired) electrons. The van der Waals surface area contributed by atoms with Gasteiger partial charge in [-0.2, -0.15) is 0 Å². The molecule has 1 aliphatic carbocycles. The Morgan fingerprint density at radius 1 is 0.458 bits per heavy atom. The summed E-state index contributed by atoms with van der Waals surface area (Å²) in [5.41, 5.74) is 21.6. The van der Waals surface area contributed by atoms with Crippen LogP contribution in [0.3, 0.4) is 0 Å². The number of benzene rings is 8. The normalized spacial score (nSPS) is 19.4. The molecule has 4 heterocycles. The first-order chi connectivity index (χ1) is 34.0. The third-order valence-electron chi connectivity index (χ3n) is 18.5. The van der Waals surface area contributed by atoms with Crippen LogP contribution in [0, 0.1) is 0 Å². The van der Waals surface area contributed by atoms with Gasteiger partial charge in [-0.05, 0) is 144 Å². The van der Waals surface area contributed by atoms with E-state index in [0.717, 1.165) is 6.42 Å². The molecule has 0 bridgehead atoms. The predicted octanol–water partition coefficient (Wildman–Crippen LogP) is 16.6. The number of nitrogens with zero attached hydrogens (tertiary/aromatic N) is 3. The van der Waals surface area contributed by atoms with E-state index in [1.165, 1.54) is 135 Å². The third kappa shape index (κ3) is 6.17. The lowest BCUT2D eigenvalue weighted by molar-refractivity contribution is 0.195. The summed E-state index contributed by atoms with van der Waals surface area (Å²) in [6, 6.07) is 53.1. The number of rotatable bonds is 3. The van der Waals surface area contributed by atoms with E-state index in [0.29, 0.717) is 0 Å². The Labute approximate surface area is 429 Å². The highest BCUT2D eigenvalue weighted by atomic mass is 15.3. The fourth-order valence-electron chi connectivity index (χ4n) is 14.2. The average Bonchev–Trinajstić information content (AvgIpc) is 3.79. The van der Waals surface area contributed by atoms with Crippen LogP contribution in [0.2, 0.25) is 0 Å². The van der Waals surface area contributed by atoms with Gasteiger partial charge in [0, 0.05) is 55.5 Å².